The Labute approximate surface area is 258 Å². The van der Waals surface area contributed by atoms with Gasteiger partial charge in [0.2, 0.25) is 0 Å². The van der Waals surface area contributed by atoms with Crippen LogP contribution in [0.5, 0.6) is 0 Å². The van der Waals surface area contributed by atoms with E-state index in [1.165, 1.54) is 77.2 Å². The van der Waals surface area contributed by atoms with Gasteiger partial charge in [-0.1, -0.05) is 176 Å². The molecule has 0 aliphatic rings. The van der Waals surface area contributed by atoms with Crippen LogP contribution in [0.1, 0.15) is 0 Å². The van der Waals surface area contributed by atoms with Gasteiger partial charge in [-0.05, 0) is 83.2 Å². The van der Waals surface area contributed by atoms with Crippen molar-refractivity contribution in [2.75, 3.05) is 0 Å². The predicted octanol–water partition coefficient (Wildman–Crippen LogP) is 12.3. The second-order valence-corrected chi connectivity index (χ2v) is 11.2. The molecule has 0 aliphatic carbocycles. The van der Waals surface area contributed by atoms with Gasteiger partial charge in [-0.25, -0.2) is 0 Å². The molecule has 0 fully saturated rings. The Hall–Kier alpha value is -5.72. The van der Waals surface area contributed by atoms with Crippen LogP contribution in [0.4, 0.5) is 0 Å². The molecule has 0 atom stereocenters. The van der Waals surface area contributed by atoms with E-state index in [0.717, 1.165) is 0 Å². The molecule has 0 spiro atoms. The van der Waals surface area contributed by atoms with Crippen LogP contribution in [0.15, 0.2) is 182 Å². The molecule has 0 aromatic heterocycles. The van der Waals surface area contributed by atoms with Gasteiger partial charge in [-0.15, -0.1) is 0 Å². The fourth-order valence-electron chi connectivity index (χ4n) is 6.71. The molecule has 0 amide bonds. The highest BCUT2D eigenvalue weighted by atomic mass is 14.2. The van der Waals surface area contributed by atoms with Gasteiger partial charge in [0.25, 0.3) is 0 Å². The zero-order chi connectivity index (χ0) is 29.3. The molecule has 0 heterocycles. The molecule has 8 rings (SSSR count). The zero-order valence-electron chi connectivity index (χ0n) is 24.3. The summed E-state index contributed by atoms with van der Waals surface area (Å²) in [5.74, 6) is 0. The summed E-state index contributed by atoms with van der Waals surface area (Å²) in [5.41, 5.74) is 12.4. The van der Waals surface area contributed by atoms with Gasteiger partial charge >= 0.3 is 0 Å². The lowest BCUT2D eigenvalue weighted by Crippen LogP contribution is -1.94. The van der Waals surface area contributed by atoms with Crippen LogP contribution in [0, 0.1) is 0 Å². The SMILES string of the molecule is c1ccc(-c2ccc3c(-c4ccccc4-c4ccccc4)c4ccccc4c(-c4ccccc4-c4ccccc4)c3c2)cc1. The van der Waals surface area contributed by atoms with E-state index in [2.05, 4.69) is 182 Å². The average molecular weight is 559 g/mol. The summed E-state index contributed by atoms with van der Waals surface area (Å²) in [4.78, 5) is 0. The van der Waals surface area contributed by atoms with Crippen LogP contribution in [-0.4, -0.2) is 0 Å². The maximum atomic E-state index is 2.41. The third-order valence-electron chi connectivity index (χ3n) is 8.69. The van der Waals surface area contributed by atoms with Crippen LogP contribution >= 0.6 is 0 Å². The molecule has 0 saturated carbocycles. The molecule has 0 N–H and O–H groups in total. The van der Waals surface area contributed by atoms with Crippen LogP contribution in [0.25, 0.3) is 77.2 Å². The minimum atomic E-state index is 1.22. The van der Waals surface area contributed by atoms with Crippen molar-refractivity contribution in [1.29, 1.82) is 0 Å². The van der Waals surface area contributed by atoms with E-state index in [1.807, 2.05) is 0 Å². The summed E-state index contributed by atoms with van der Waals surface area (Å²) < 4.78 is 0. The fourth-order valence-corrected chi connectivity index (χ4v) is 6.71. The topological polar surface area (TPSA) is 0 Å². The van der Waals surface area contributed by atoms with E-state index in [-0.39, 0.29) is 0 Å². The second-order valence-electron chi connectivity index (χ2n) is 11.2. The molecule has 0 saturated heterocycles. The highest BCUT2D eigenvalue weighted by Gasteiger charge is 2.21. The quantitative estimate of drug-likeness (QED) is 0.184. The lowest BCUT2D eigenvalue weighted by Gasteiger charge is -2.21. The average Bonchev–Trinajstić information content (AvgIpc) is 3.11. The van der Waals surface area contributed by atoms with Crippen LogP contribution in [0.2, 0.25) is 0 Å². The predicted molar refractivity (Wildman–Crippen MR) is 189 cm³/mol. The van der Waals surface area contributed by atoms with Crippen molar-refractivity contribution in [2.45, 2.75) is 0 Å². The largest absolute Gasteiger partial charge is 0.0622 e. The van der Waals surface area contributed by atoms with Crippen LogP contribution in [0.3, 0.4) is 0 Å². The smallest absolute Gasteiger partial charge is 0.00199 e. The van der Waals surface area contributed by atoms with Crippen molar-refractivity contribution in [3.05, 3.63) is 182 Å². The van der Waals surface area contributed by atoms with Crippen molar-refractivity contribution in [2.24, 2.45) is 0 Å². The van der Waals surface area contributed by atoms with Crippen LogP contribution in [-0.2, 0) is 0 Å². The number of fused-ring (bicyclic) bond motifs is 2. The number of hydrogen-bond acceptors (Lipinski definition) is 0. The van der Waals surface area contributed by atoms with Crippen molar-refractivity contribution in [3.8, 4) is 55.6 Å². The van der Waals surface area contributed by atoms with Crippen molar-refractivity contribution in [1.82, 2.24) is 0 Å². The molecule has 8 aromatic carbocycles. The summed E-state index contributed by atoms with van der Waals surface area (Å²) in [5, 5.41) is 5.02. The lowest BCUT2D eigenvalue weighted by atomic mass is 9.81. The summed E-state index contributed by atoms with van der Waals surface area (Å²) in [6, 6.07) is 65.9. The van der Waals surface area contributed by atoms with Gasteiger partial charge in [-0.2, -0.15) is 0 Å². The molecule has 0 heteroatoms. The molecule has 0 radical (unpaired) electrons. The standard InChI is InChI=1S/C44H30/c1-4-16-31(17-5-1)34-28-29-41-42(30-34)44(38-25-13-11-23-36(38)33-20-8-3-9-21-33)40-27-15-14-26-39(40)43(41)37-24-12-10-22-35(37)32-18-6-2-7-19-32/h1-30H. The van der Waals surface area contributed by atoms with Crippen molar-refractivity contribution < 1.29 is 0 Å². The van der Waals surface area contributed by atoms with E-state index in [0.29, 0.717) is 0 Å². The Morgan fingerprint density at radius 1 is 0.205 bits per heavy atom. The first kappa shape index (κ1) is 25.9. The molecular formula is C44H30. The normalized spacial score (nSPS) is 11.2. The summed E-state index contributed by atoms with van der Waals surface area (Å²) >= 11 is 0. The van der Waals surface area contributed by atoms with Crippen LogP contribution < -0.4 is 0 Å². The Bertz CT molecular complexity index is 2240. The Balaban J connectivity index is 1.53. The second kappa shape index (κ2) is 11.2. The summed E-state index contributed by atoms with van der Waals surface area (Å²) in [6.07, 6.45) is 0. The molecule has 0 aliphatic heterocycles. The zero-order valence-corrected chi connectivity index (χ0v) is 24.3. The lowest BCUT2D eigenvalue weighted by molar-refractivity contribution is 1.59. The molecule has 8 aromatic rings. The Kier molecular flexibility index (Phi) is 6.59. The molecule has 44 heavy (non-hydrogen) atoms. The third kappa shape index (κ3) is 4.49. The first-order valence-electron chi connectivity index (χ1n) is 15.2. The maximum Gasteiger partial charge on any atom is -0.00199 e. The summed E-state index contributed by atoms with van der Waals surface area (Å²) in [6.45, 7) is 0. The fraction of sp³-hybridized carbons (Fsp3) is 0. The molecule has 0 unspecified atom stereocenters. The molecule has 0 nitrogen and oxygen atoms in total. The monoisotopic (exact) mass is 558 g/mol. The molecule has 206 valence electrons. The van der Waals surface area contributed by atoms with E-state index >= 15 is 0 Å². The Morgan fingerprint density at radius 3 is 1.07 bits per heavy atom. The van der Waals surface area contributed by atoms with E-state index in [4.69, 9.17) is 0 Å². The molecule has 0 bridgehead atoms. The molecular weight excluding hydrogens is 528 g/mol. The highest BCUT2D eigenvalue weighted by Crippen LogP contribution is 2.48. The highest BCUT2D eigenvalue weighted by molar-refractivity contribution is 6.23. The number of rotatable bonds is 5. The van der Waals surface area contributed by atoms with Gasteiger partial charge in [-0.3, -0.25) is 0 Å². The van der Waals surface area contributed by atoms with Crippen molar-refractivity contribution >= 4 is 21.5 Å². The van der Waals surface area contributed by atoms with Gasteiger partial charge < -0.3 is 0 Å². The van der Waals surface area contributed by atoms with Gasteiger partial charge in [0, 0.05) is 0 Å². The van der Waals surface area contributed by atoms with E-state index in [1.54, 1.807) is 0 Å². The first-order valence-corrected chi connectivity index (χ1v) is 15.2. The third-order valence-corrected chi connectivity index (χ3v) is 8.69. The van der Waals surface area contributed by atoms with Crippen molar-refractivity contribution in [3.63, 3.8) is 0 Å². The van der Waals surface area contributed by atoms with Gasteiger partial charge in [0.1, 0.15) is 0 Å². The number of hydrogen-bond donors (Lipinski definition) is 0. The van der Waals surface area contributed by atoms with Gasteiger partial charge in [0.15, 0.2) is 0 Å². The maximum absolute atomic E-state index is 2.41. The van der Waals surface area contributed by atoms with Gasteiger partial charge in [0.05, 0.1) is 0 Å². The van der Waals surface area contributed by atoms with E-state index < -0.39 is 0 Å². The Morgan fingerprint density at radius 2 is 0.568 bits per heavy atom. The van der Waals surface area contributed by atoms with E-state index in [9.17, 15) is 0 Å². The first-order chi connectivity index (χ1) is 21.9. The summed E-state index contributed by atoms with van der Waals surface area (Å²) in [7, 11) is 0. The number of benzene rings is 8. The minimum Gasteiger partial charge on any atom is -0.0622 e. The minimum absolute atomic E-state index is 1.22.